The van der Waals surface area contributed by atoms with Crippen molar-refractivity contribution >= 4 is 23.1 Å². The fourth-order valence-corrected chi connectivity index (χ4v) is 5.49. The number of nitrogens with two attached hydrogens (primary N) is 1. The fourth-order valence-electron chi connectivity index (χ4n) is 5.49. The Hall–Kier alpha value is -2.95. The molecule has 0 saturated carbocycles. The van der Waals surface area contributed by atoms with E-state index in [1.54, 1.807) is 0 Å². The molecule has 3 saturated heterocycles. The first kappa shape index (κ1) is 25.7. The van der Waals surface area contributed by atoms with Gasteiger partial charge in [-0.05, 0) is 63.5 Å². The van der Waals surface area contributed by atoms with Crippen molar-refractivity contribution in [2.45, 2.75) is 44.8 Å². The minimum Gasteiger partial charge on any atom is -0.472 e. The van der Waals surface area contributed by atoms with Crippen LogP contribution in [0.25, 0.3) is 0 Å². The van der Waals surface area contributed by atoms with E-state index in [9.17, 15) is 4.79 Å². The highest BCUT2D eigenvalue weighted by molar-refractivity contribution is 5.96. The lowest BCUT2D eigenvalue weighted by Gasteiger charge is -2.42. The van der Waals surface area contributed by atoms with Crippen molar-refractivity contribution in [1.82, 2.24) is 25.1 Å². The number of aromatic nitrogens is 2. The number of hydrogen-bond donors (Lipinski definition) is 3. The molecular formula is C27H40N8O2. The van der Waals surface area contributed by atoms with Crippen LogP contribution in [0.2, 0.25) is 0 Å². The molecule has 0 unspecified atom stereocenters. The second-order valence-electron chi connectivity index (χ2n) is 10.4. The Morgan fingerprint density at radius 1 is 1.08 bits per heavy atom. The largest absolute Gasteiger partial charge is 0.472 e. The van der Waals surface area contributed by atoms with Gasteiger partial charge in [0.1, 0.15) is 11.8 Å². The number of carbonyl (C=O) groups is 1. The molecule has 37 heavy (non-hydrogen) atoms. The number of ether oxygens (including phenoxy) is 1. The van der Waals surface area contributed by atoms with Gasteiger partial charge in [0, 0.05) is 63.2 Å². The molecule has 3 aliphatic rings. The second-order valence-corrected chi connectivity index (χ2v) is 10.4. The van der Waals surface area contributed by atoms with Crippen LogP contribution < -0.4 is 26.0 Å². The number of aryl methyl sites for hydroxylation is 1. The number of benzene rings is 1. The molecule has 10 heteroatoms. The molecule has 0 bridgehead atoms. The van der Waals surface area contributed by atoms with E-state index < -0.39 is 5.91 Å². The van der Waals surface area contributed by atoms with Crippen LogP contribution in [0, 0.1) is 0 Å². The van der Waals surface area contributed by atoms with Gasteiger partial charge in [0.25, 0.3) is 5.91 Å². The number of carbonyl (C=O) groups excluding carboxylic acids is 1. The molecule has 0 aliphatic carbocycles. The van der Waals surface area contributed by atoms with Crippen LogP contribution >= 0.6 is 0 Å². The van der Waals surface area contributed by atoms with Crippen LogP contribution in [-0.2, 0) is 6.42 Å². The standard InChI is InChI=1S/C27H40N8O2/c1-3-23-27(37-22-8-11-29-18-22)32-26(24(31-23)25(28)36)30-19-4-6-20(7-5-19)34-12-9-21(10-13-34)35-16-14-33(2)15-17-35/h4-7,21-22,29H,3,8-18H2,1-2H3,(H2,28,36)(H,30,32)/t22-/m1/s1. The zero-order chi connectivity index (χ0) is 25.8. The van der Waals surface area contributed by atoms with Gasteiger partial charge in [0.05, 0.1) is 0 Å². The Bertz CT molecular complexity index is 1060. The zero-order valence-electron chi connectivity index (χ0n) is 22.1. The first-order chi connectivity index (χ1) is 18.0. The topological polar surface area (TPSA) is 112 Å². The fraction of sp³-hybridized carbons (Fsp3) is 0.593. The molecule has 3 fully saturated rings. The van der Waals surface area contributed by atoms with Gasteiger partial charge in [0.2, 0.25) is 5.88 Å². The van der Waals surface area contributed by atoms with E-state index in [0.29, 0.717) is 29.9 Å². The minimum atomic E-state index is -0.612. The molecule has 4 heterocycles. The summed E-state index contributed by atoms with van der Waals surface area (Å²) < 4.78 is 6.13. The van der Waals surface area contributed by atoms with Gasteiger partial charge in [-0.1, -0.05) is 6.92 Å². The van der Waals surface area contributed by atoms with Gasteiger partial charge in [-0.15, -0.1) is 0 Å². The van der Waals surface area contributed by atoms with Crippen molar-refractivity contribution in [3.63, 3.8) is 0 Å². The van der Waals surface area contributed by atoms with Crippen molar-refractivity contribution in [3.8, 4) is 5.88 Å². The van der Waals surface area contributed by atoms with Gasteiger partial charge in [0.15, 0.2) is 11.5 Å². The van der Waals surface area contributed by atoms with Gasteiger partial charge in [-0.25, -0.2) is 4.98 Å². The molecule has 200 valence electrons. The molecule has 1 aromatic heterocycles. The summed E-state index contributed by atoms with van der Waals surface area (Å²) in [5.74, 6) is 0.175. The van der Waals surface area contributed by atoms with Crippen molar-refractivity contribution in [3.05, 3.63) is 35.7 Å². The monoisotopic (exact) mass is 508 g/mol. The molecule has 10 nitrogen and oxygen atoms in total. The summed E-state index contributed by atoms with van der Waals surface area (Å²) in [6, 6.07) is 8.97. The third-order valence-corrected chi connectivity index (χ3v) is 7.81. The average molecular weight is 509 g/mol. The predicted molar refractivity (Wildman–Crippen MR) is 146 cm³/mol. The van der Waals surface area contributed by atoms with Crippen LogP contribution in [0.15, 0.2) is 24.3 Å². The molecule has 4 N–H and O–H groups in total. The normalized spacial score (nSPS) is 21.8. The first-order valence-corrected chi connectivity index (χ1v) is 13.6. The number of anilines is 3. The summed E-state index contributed by atoms with van der Waals surface area (Å²) in [7, 11) is 2.21. The zero-order valence-corrected chi connectivity index (χ0v) is 22.1. The van der Waals surface area contributed by atoms with Crippen molar-refractivity contribution in [2.24, 2.45) is 5.73 Å². The summed E-state index contributed by atoms with van der Waals surface area (Å²) in [4.78, 5) is 28.9. The molecule has 1 atom stereocenters. The van der Waals surface area contributed by atoms with Gasteiger partial charge >= 0.3 is 0 Å². The van der Waals surface area contributed by atoms with E-state index in [2.05, 4.69) is 54.5 Å². The van der Waals surface area contributed by atoms with Crippen LogP contribution in [-0.4, -0.2) is 97.2 Å². The van der Waals surface area contributed by atoms with Gasteiger partial charge in [-0.2, -0.15) is 4.98 Å². The number of primary amides is 1. The second kappa shape index (κ2) is 11.6. The Morgan fingerprint density at radius 2 is 1.81 bits per heavy atom. The lowest BCUT2D eigenvalue weighted by Crippen LogP contribution is -2.52. The van der Waals surface area contributed by atoms with E-state index in [1.807, 2.05) is 19.1 Å². The molecule has 2 aromatic rings. The molecule has 1 aromatic carbocycles. The number of nitrogens with zero attached hydrogens (tertiary/aromatic N) is 5. The van der Waals surface area contributed by atoms with Gasteiger partial charge in [-0.3, -0.25) is 9.69 Å². The van der Waals surface area contributed by atoms with Crippen LogP contribution in [0.4, 0.5) is 17.2 Å². The number of piperazine rings is 1. The number of nitrogens with one attached hydrogen (secondary N) is 2. The van der Waals surface area contributed by atoms with Crippen LogP contribution in [0.1, 0.15) is 42.4 Å². The van der Waals surface area contributed by atoms with E-state index >= 15 is 0 Å². The Balaban J connectivity index is 1.24. The Labute approximate surface area is 219 Å². The van der Waals surface area contributed by atoms with E-state index in [4.69, 9.17) is 10.5 Å². The van der Waals surface area contributed by atoms with Gasteiger partial charge < -0.3 is 30.9 Å². The summed E-state index contributed by atoms with van der Waals surface area (Å²) >= 11 is 0. The molecular weight excluding hydrogens is 468 g/mol. The highest BCUT2D eigenvalue weighted by Gasteiger charge is 2.27. The smallest absolute Gasteiger partial charge is 0.271 e. The number of piperidine rings is 1. The molecule has 1 amide bonds. The molecule has 3 aliphatic heterocycles. The van der Waals surface area contributed by atoms with Crippen molar-refractivity contribution in [2.75, 3.05) is 69.6 Å². The average Bonchev–Trinajstić information content (AvgIpc) is 3.43. The maximum absolute atomic E-state index is 12.2. The number of hydrogen-bond acceptors (Lipinski definition) is 9. The third-order valence-electron chi connectivity index (χ3n) is 7.81. The lowest BCUT2D eigenvalue weighted by atomic mass is 10.0. The maximum Gasteiger partial charge on any atom is 0.271 e. The quantitative estimate of drug-likeness (QED) is 0.492. The first-order valence-electron chi connectivity index (χ1n) is 13.6. The number of likely N-dealkylation sites (N-methyl/N-ethyl adjacent to an activating group) is 1. The Kier molecular flexibility index (Phi) is 8.07. The van der Waals surface area contributed by atoms with Crippen LogP contribution in [0.5, 0.6) is 5.88 Å². The molecule has 0 radical (unpaired) electrons. The Morgan fingerprint density at radius 3 is 2.43 bits per heavy atom. The third kappa shape index (κ3) is 6.14. The van der Waals surface area contributed by atoms with E-state index in [0.717, 1.165) is 38.3 Å². The highest BCUT2D eigenvalue weighted by atomic mass is 16.5. The number of rotatable bonds is 8. The number of amides is 1. The summed E-state index contributed by atoms with van der Waals surface area (Å²) in [5, 5.41) is 6.55. The molecule has 5 rings (SSSR count). The SMILES string of the molecule is CCc1nc(C(N)=O)c(Nc2ccc(N3CCC(N4CCN(C)CC4)CC3)cc2)nc1O[C@@H]1CCNC1. The van der Waals surface area contributed by atoms with Crippen molar-refractivity contribution in [1.29, 1.82) is 0 Å². The minimum absolute atomic E-state index is 0.0477. The van der Waals surface area contributed by atoms with E-state index in [1.165, 1.54) is 44.7 Å². The maximum atomic E-state index is 12.2. The van der Waals surface area contributed by atoms with Crippen molar-refractivity contribution < 1.29 is 9.53 Å². The summed E-state index contributed by atoms with van der Waals surface area (Å²) in [6.45, 7) is 10.5. The predicted octanol–water partition coefficient (Wildman–Crippen LogP) is 1.84. The van der Waals surface area contributed by atoms with Crippen LogP contribution in [0.3, 0.4) is 0 Å². The summed E-state index contributed by atoms with van der Waals surface area (Å²) in [6.07, 6.45) is 3.96. The van der Waals surface area contributed by atoms with E-state index in [-0.39, 0.29) is 11.8 Å². The lowest BCUT2D eigenvalue weighted by molar-refractivity contribution is 0.0982. The summed E-state index contributed by atoms with van der Waals surface area (Å²) in [5.41, 5.74) is 8.46. The molecule has 0 spiro atoms. The highest BCUT2D eigenvalue weighted by Crippen LogP contribution is 2.28.